The number of fused-ring (bicyclic) bond motifs is 1. The van der Waals surface area contributed by atoms with Crippen LogP contribution in [0.4, 0.5) is 0 Å². The van der Waals surface area contributed by atoms with Gasteiger partial charge in [-0.05, 0) is 0 Å². The van der Waals surface area contributed by atoms with Crippen molar-refractivity contribution in [2.45, 2.75) is 0 Å². The predicted octanol–water partition coefficient (Wildman–Crippen LogP) is -0.471. The zero-order chi connectivity index (χ0) is 11.3. The van der Waals surface area contributed by atoms with Crippen LogP contribution in [0.5, 0.6) is 0 Å². The molecule has 0 aliphatic carbocycles. The maximum Gasteiger partial charge on any atom is 0.290 e. The third-order valence-electron chi connectivity index (χ3n) is 1.53. The highest BCUT2D eigenvalue weighted by Gasteiger charge is 2.01. The SMILES string of the molecule is NC(=O)c1cnc2nccn2c1.O=CO. The van der Waals surface area contributed by atoms with E-state index in [9.17, 15) is 4.79 Å². The van der Waals surface area contributed by atoms with E-state index in [1.54, 1.807) is 23.0 Å². The molecule has 7 heteroatoms. The standard InChI is InChI=1S/C7H6N4O.CH2O2/c8-6(12)5-3-10-7-9-1-2-11(7)4-5;2-1-3/h1-4H,(H2,8,12);1H,(H,2,3). The van der Waals surface area contributed by atoms with Gasteiger partial charge in [-0.2, -0.15) is 0 Å². The molecular weight excluding hydrogens is 200 g/mol. The van der Waals surface area contributed by atoms with Gasteiger partial charge in [0.1, 0.15) is 0 Å². The molecule has 3 N–H and O–H groups in total. The second-order valence-corrected chi connectivity index (χ2v) is 2.45. The highest BCUT2D eigenvalue weighted by molar-refractivity contribution is 5.92. The van der Waals surface area contributed by atoms with Gasteiger partial charge in [0.15, 0.2) is 0 Å². The third kappa shape index (κ3) is 2.50. The minimum Gasteiger partial charge on any atom is -0.483 e. The molecule has 7 nitrogen and oxygen atoms in total. The maximum absolute atomic E-state index is 10.7. The van der Waals surface area contributed by atoms with Gasteiger partial charge in [0.25, 0.3) is 12.4 Å². The number of imidazole rings is 1. The summed E-state index contributed by atoms with van der Waals surface area (Å²) >= 11 is 0. The fraction of sp³-hybridized carbons (Fsp3) is 0. The number of carbonyl (C=O) groups excluding carboxylic acids is 1. The molecule has 0 radical (unpaired) electrons. The highest BCUT2D eigenvalue weighted by atomic mass is 16.3. The van der Waals surface area contributed by atoms with Crippen LogP contribution >= 0.6 is 0 Å². The number of nitrogens with zero attached hydrogens (tertiary/aromatic N) is 3. The molecule has 15 heavy (non-hydrogen) atoms. The number of aromatic nitrogens is 3. The minimum absolute atomic E-state index is 0.250. The molecule has 0 saturated heterocycles. The van der Waals surface area contributed by atoms with Crippen LogP contribution in [-0.4, -0.2) is 31.9 Å². The minimum atomic E-state index is -0.488. The first-order valence-electron chi connectivity index (χ1n) is 3.85. The van der Waals surface area contributed by atoms with Gasteiger partial charge in [-0.15, -0.1) is 0 Å². The summed E-state index contributed by atoms with van der Waals surface area (Å²) in [5.41, 5.74) is 5.44. The number of primary amides is 1. The van der Waals surface area contributed by atoms with E-state index in [1.165, 1.54) is 6.20 Å². The Balaban J connectivity index is 0.000000337. The van der Waals surface area contributed by atoms with Crippen LogP contribution < -0.4 is 5.73 Å². The van der Waals surface area contributed by atoms with Crippen molar-refractivity contribution in [2.75, 3.05) is 0 Å². The van der Waals surface area contributed by atoms with Gasteiger partial charge < -0.3 is 10.8 Å². The topological polar surface area (TPSA) is 111 Å². The molecule has 2 heterocycles. The van der Waals surface area contributed by atoms with Gasteiger partial charge in [0, 0.05) is 24.8 Å². The van der Waals surface area contributed by atoms with Crippen LogP contribution in [0, 0.1) is 0 Å². The first-order valence-corrected chi connectivity index (χ1v) is 3.85. The zero-order valence-corrected chi connectivity index (χ0v) is 7.57. The molecule has 0 saturated carbocycles. The second kappa shape index (κ2) is 4.70. The molecule has 0 bridgehead atoms. The lowest BCUT2D eigenvalue weighted by Crippen LogP contribution is -2.12. The number of hydrogen-bond acceptors (Lipinski definition) is 4. The summed E-state index contributed by atoms with van der Waals surface area (Å²) in [5.74, 6) is 0.0677. The van der Waals surface area contributed by atoms with Gasteiger partial charge in [-0.25, -0.2) is 9.97 Å². The van der Waals surface area contributed by atoms with Crippen molar-refractivity contribution in [3.05, 3.63) is 30.4 Å². The number of nitrogens with two attached hydrogens (primary N) is 1. The summed E-state index contributed by atoms with van der Waals surface area (Å²) < 4.78 is 1.64. The molecule has 1 amide bonds. The van der Waals surface area contributed by atoms with Crippen LogP contribution in [0.1, 0.15) is 10.4 Å². The van der Waals surface area contributed by atoms with Crippen molar-refractivity contribution in [1.29, 1.82) is 0 Å². The Kier molecular flexibility index (Phi) is 3.33. The highest BCUT2D eigenvalue weighted by Crippen LogP contribution is 1.99. The first kappa shape index (κ1) is 10.6. The van der Waals surface area contributed by atoms with E-state index in [2.05, 4.69) is 9.97 Å². The summed E-state index contributed by atoms with van der Waals surface area (Å²) in [6.07, 6.45) is 6.31. The van der Waals surface area contributed by atoms with E-state index in [4.69, 9.17) is 15.6 Å². The molecule has 0 aliphatic heterocycles. The number of carbonyl (C=O) groups is 2. The Hall–Kier alpha value is -2.44. The molecule has 2 aromatic rings. The molecular formula is C8H8N4O3. The molecule has 0 aromatic carbocycles. The molecule has 0 aliphatic rings. The molecule has 0 spiro atoms. The van der Waals surface area contributed by atoms with Crippen LogP contribution in [-0.2, 0) is 4.79 Å². The largest absolute Gasteiger partial charge is 0.483 e. The summed E-state index contributed by atoms with van der Waals surface area (Å²) in [5, 5.41) is 6.89. The summed E-state index contributed by atoms with van der Waals surface area (Å²) in [6.45, 7) is -0.250. The van der Waals surface area contributed by atoms with Crippen molar-refractivity contribution in [1.82, 2.24) is 14.4 Å². The van der Waals surface area contributed by atoms with Crippen molar-refractivity contribution in [2.24, 2.45) is 5.73 Å². The third-order valence-corrected chi connectivity index (χ3v) is 1.53. The van der Waals surface area contributed by atoms with Crippen molar-refractivity contribution >= 4 is 18.2 Å². The van der Waals surface area contributed by atoms with Crippen LogP contribution in [0.2, 0.25) is 0 Å². The molecule has 0 fully saturated rings. The number of hydrogen-bond donors (Lipinski definition) is 2. The lowest BCUT2D eigenvalue weighted by atomic mass is 10.3. The van der Waals surface area contributed by atoms with Crippen LogP contribution in [0.15, 0.2) is 24.8 Å². The van der Waals surface area contributed by atoms with E-state index in [-0.39, 0.29) is 6.47 Å². The Bertz CT molecular complexity index is 479. The smallest absolute Gasteiger partial charge is 0.290 e. The van der Waals surface area contributed by atoms with Crippen molar-refractivity contribution in [3.8, 4) is 0 Å². The van der Waals surface area contributed by atoms with Gasteiger partial charge in [0.05, 0.1) is 5.56 Å². The fourth-order valence-electron chi connectivity index (χ4n) is 0.944. The summed E-state index contributed by atoms with van der Waals surface area (Å²) in [4.78, 5) is 26.9. The second-order valence-electron chi connectivity index (χ2n) is 2.45. The Labute approximate surface area is 84.2 Å². The predicted molar refractivity (Wildman–Crippen MR) is 50.2 cm³/mol. The molecule has 0 unspecified atom stereocenters. The quantitative estimate of drug-likeness (QED) is 0.615. The molecule has 2 rings (SSSR count). The van der Waals surface area contributed by atoms with E-state index in [0.29, 0.717) is 11.3 Å². The zero-order valence-electron chi connectivity index (χ0n) is 7.57. The van der Waals surface area contributed by atoms with Crippen LogP contribution in [0.25, 0.3) is 5.78 Å². The van der Waals surface area contributed by atoms with Gasteiger partial charge >= 0.3 is 0 Å². The monoisotopic (exact) mass is 208 g/mol. The van der Waals surface area contributed by atoms with Crippen molar-refractivity contribution in [3.63, 3.8) is 0 Å². The first-order chi connectivity index (χ1) is 7.19. The number of amides is 1. The normalized spacial score (nSPS) is 9.07. The fourth-order valence-corrected chi connectivity index (χ4v) is 0.944. The van der Waals surface area contributed by atoms with E-state index in [1.807, 2.05) is 0 Å². The average Bonchev–Trinajstić information content (AvgIpc) is 2.65. The van der Waals surface area contributed by atoms with Crippen LogP contribution in [0.3, 0.4) is 0 Å². The lowest BCUT2D eigenvalue weighted by molar-refractivity contribution is -0.122. The van der Waals surface area contributed by atoms with Gasteiger partial charge in [-0.3, -0.25) is 14.0 Å². The van der Waals surface area contributed by atoms with E-state index < -0.39 is 5.91 Å². The molecule has 78 valence electrons. The van der Waals surface area contributed by atoms with Gasteiger partial charge in [0.2, 0.25) is 5.78 Å². The number of rotatable bonds is 1. The van der Waals surface area contributed by atoms with Gasteiger partial charge in [-0.1, -0.05) is 0 Å². The number of carboxylic acid groups (broad SMARTS) is 1. The Morgan fingerprint density at radius 3 is 2.80 bits per heavy atom. The Morgan fingerprint density at radius 2 is 2.20 bits per heavy atom. The average molecular weight is 208 g/mol. The maximum atomic E-state index is 10.7. The Morgan fingerprint density at radius 1 is 1.53 bits per heavy atom. The molecule has 0 atom stereocenters. The summed E-state index contributed by atoms with van der Waals surface area (Å²) in [6, 6.07) is 0. The lowest BCUT2D eigenvalue weighted by Gasteiger charge is -1.94. The van der Waals surface area contributed by atoms with E-state index >= 15 is 0 Å². The summed E-state index contributed by atoms with van der Waals surface area (Å²) in [7, 11) is 0. The van der Waals surface area contributed by atoms with E-state index in [0.717, 1.165) is 0 Å². The molecule has 2 aromatic heterocycles. The van der Waals surface area contributed by atoms with Crippen molar-refractivity contribution < 1.29 is 14.7 Å².